The molecule has 3 rings (SSSR count). The number of imide groups is 1. The Balaban J connectivity index is 1.74. The lowest BCUT2D eigenvalue weighted by Crippen LogP contribution is -2.41. The third-order valence-corrected chi connectivity index (χ3v) is 4.27. The second-order valence-corrected chi connectivity index (χ2v) is 6.09. The number of carbonyl (C=O) groups excluding carboxylic acids is 3. The maximum atomic E-state index is 12.8. The molecule has 8 nitrogen and oxygen atoms in total. The third-order valence-electron chi connectivity index (χ3n) is 4.27. The van der Waals surface area contributed by atoms with E-state index in [0.717, 1.165) is 17.7 Å². The predicted octanol–water partition coefficient (Wildman–Crippen LogP) is 1.53. The van der Waals surface area contributed by atoms with Crippen LogP contribution >= 0.6 is 0 Å². The van der Waals surface area contributed by atoms with Crippen LogP contribution in [0.1, 0.15) is 32.3 Å². The zero-order chi connectivity index (χ0) is 18.0. The fraction of sp³-hybridized carbons (Fsp3) is 0.471. The molecule has 0 bridgehead atoms. The summed E-state index contributed by atoms with van der Waals surface area (Å²) < 4.78 is 15.6. The molecule has 1 N–H and O–H groups in total. The Morgan fingerprint density at radius 1 is 1.32 bits per heavy atom. The summed E-state index contributed by atoms with van der Waals surface area (Å²) >= 11 is 0. The second kappa shape index (κ2) is 6.62. The summed E-state index contributed by atoms with van der Waals surface area (Å²) in [5.74, 6) is -0.0191. The highest BCUT2D eigenvalue weighted by Gasteiger charge is 2.50. The average molecular weight is 348 g/mol. The lowest BCUT2D eigenvalue weighted by molar-refractivity contribution is -0.147. The quantitative estimate of drug-likeness (QED) is 0.476. The smallest absolute Gasteiger partial charge is 0.326 e. The van der Waals surface area contributed by atoms with Crippen LogP contribution in [0.3, 0.4) is 0 Å². The molecule has 0 saturated carbocycles. The van der Waals surface area contributed by atoms with Crippen LogP contribution in [0.5, 0.6) is 11.5 Å². The van der Waals surface area contributed by atoms with Crippen LogP contribution in [0.15, 0.2) is 18.2 Å². The lowest BCUT2D eigenvalue weighted by atomic mass is 9.91. The van der Waals surface area contributed by atoms with Crippen molar-refractivity contribution in [1.29, 1.82) is 0 Å². The van der Waals surface area contributed by atoms with Crippen molar-refractivity contribution < 1.29 is 28.6 Å². The van der Waals surface area contributed by atoms with E-state index >= 15 is 0 Å². The molecule has 3 amide bonds. The number of nitrogens with zero attached hydrogens (tertiary/aromatic N) is 1. The summed E-state index contributed by atoms with van der Waals surface area (Å²) in [7, 11) is 0. The molecule has 25 heavy (non-hydrogen) atoms. The number of hydrogen-bond acceptors (Lipinski definition) is 6. The topological polar surface area (TPSA) is 94.2 Å². The van der Waals surface area contributed by atoms with Gasteiger partial charge in [-0.05, 0) is 31.0 Å². The van der Waals surface area contributed by atoms with Crippen LogP contribution in [0.2, 0.25) is 0 Å². The van der Waals surface area contributed by atoms with Crippen molar-refractivity contribution in [2.75, 3.05) is 19.9 Å². The van der Waals surface area contributed by atoms with Gasteiger partial charge in [-0.1, -0.05) is 19.4 Å². The molecule has 2 aliphatic rings. The van der Waals surface area contributed by atoms with E-state index in [4.69, 9.17) is 14.2 Å². The fourth-order valence-corrected chi connectivity index (χ4v) is 2.75. The van der Waals surface area contributed by atoms with Gasteiger partial charge in [0.15, 0.2) is 11.5 Å². The van der Waals surface area contributed by atoms with E-state index in [1.165, 1.54) is 0 Å². The summed E-state index contributed by atoms with van der Waals surface area (Å²) in [6.07, 6.45) is 1.62. The number of rotatable bonds is 6. The molecule has 1 unspecified atom stereocenters. The fourth-order valence-electron chi connectivity index (χ4n) is 2.75. The molecular weight excluding hydrogens is 328 g/mol. The van der Waals surface area contributed by atoms with E-state index in [1.807, 2.05) is 6.92 Å². The first-order chi connectivity index (χ1) is 12.0. The first-order valence-corrected chi connectivity index (χ1v) is 8.15. The summed E-state index contributed by atoms with van der Waals surface area (Å²) in [5, 5.41) is 2.64. The van der Waals surface area contributed by atoms with Crippen molar-refractivity contribution in [2.45, 2.75) is 32.2 Å². The Morgan fingerprint density at radius 2 is 2.08 bits per heavy atom. The minimum atomic E-state index is -1.28. The molecule has 1 saturated heterocycles. The number of benzene rings is 1. The van der Waals surface area contributed by atoms with Crippen LogP contribution in [-0.2, 0) is 19.9 Å². The van der Waals surface area contributed by atoms with E-state index in [1.54, 1.807) is 25.1 Å². The molecule has 0 aliphatic carbocycles. The van der Waals surface area contributed by atoms with Crippen molar-refractivity contribution in [1.82, 2.24) is 10.2 Å². The highest BCUT2D eigenvalue weighted by Crippen LogP contribution is 2.37. The van der Waals surface area contributed by atoms with Crippen LogP contribution in [0, 0.1) is 0 Å². The van der Waals surface area contributed by atoms with Gasteiger partial charge in [-0.15, -0.1) is 0 Å². The van der Waals surface area contributed by atoms with Crippen molar-refractivity contribution in [3.63, 3.8) is 0 Å². The molecule has 1 fully saturated rings. The van der Waals surface area contributed by atoms with Gasteiger partial charge in [0.05, 0.1) is 6.61 Å². The summed E-state index contributed by atoms with van der Waals surface area (Å²) in [5.41, 5.74) is -0.723. The van der Waals surface area contributed by atoms with Gasteiger partial charge in [0, 0.05) is 0 Å². The number of urea groups is 1. The van der Waals surface area contributed by atoms with Gasteiger partial charge < -0.3 is 19.5 Å². The van der Waals surface area contributed by atoms with E-state index in [-0.39, 0.29) is 13.4 Å². The maximum Gasteiger partial charge on any atom is 0.326 e. The van der Waals surface area contributed by atoms with Gasteiger partial charge in [0.2, 0.25) is 6.79 Å². The van der Waals surface area contributed by atoms with E-state index in [9.17, 15) is 14.4 Å². The van der Waals surface area contributed by atoms with Crippen LogP contribution in [-0.4, -0.2) is 42.8 Å². The Kier molecular flexibility index (Phi) is 4.52. The van der Waals surface area contributed by atoms with Gasteiger partial charge in [-0.25, -0.2) is 4.79 Å². The number of nitrogens with one attached hydrogen (secondary N) is 1. The number of ether oxygens (including phenoxy) is 3. The first-order valence-electron chi connectivity index (χ1n) is 8.15. The number of amides is 3. The molecule has 2 aliphatic heterocycles. The van der Waals surface area contributed by atoms with Crippen molar-refractivity contribution in [3.8, 4) is 11.5 Å². The predicted molar refractivity (Wildman–Crippen MR) is 86.0 cm³/mol. The average Bonchev–Trinajstić information content (AvgIpc) is 3.13. The molecule has 0 spiro atoms. The van der Waals surface area contributed by atoms with Crippen molar-refractivity contribution in [3.05, 3.63) is 23.8 Å². The molecule has 134 valence electrons. The minimum absolute atomic E-state index is 0.117. The molecule has 8 heteroatoms. The second-order valence-electron chi connectivity index (χ2n) is 6.09. The number of esters is 1. The standard InChI is InChI=1S/C17H20N2O6/c1-3-4-7-23-14(20)9-19-15(21)17(2,18-16(19)22)11-5-6-12-13(8-11)25-10-24-12/h5-6,8H,3-4,7,9-10H2,1-2H3,(H,18,22). The van der Waals surface area contributed by atoms with Gasteiger partial charge >= 0.3 is 12.0 Å². The maximum absolute atomic E-state index is 12.8. The highest BCUT2D eigenvalue weighted by atomic mass is 16.7. The lowest BCUT2D eigenvalue weighted by Gasteiger charge is -2.22. The zero-order valence-corrected chi connectivity index (χ0v) is 14.2. The van der Waals surface area contributed by atoms with Gasteiger partial charge in [0.25, 0.3) is 5.91 Å². The number of carbonyl (C=O) groups is 3. The van der Waals surface area contributed by atoms with Crippen LogP contribution in [0.25, 0.3) is 0 Å². The monoisotopic (exact) mass is 348 g/mol. The Bertz CT molecular complexity index is 719. The summed E-state index contributed by atoms with van der Waals surface area (Å²) in [6, 6.07) is 4.40. The Hall–Kier alpha value is -2.77. The summed E-state index contributed by atoms with van der Waals surface area (Å²) in [4.78, 5) is 37.7. The van der Waals surface area contributed by atoms with E-state index in [2.05, 4.69) is 5.32 Å². The van der Waals surface area contributed by atoms with Crippen molar-refractivity contribution >= 4 is 17.9 Å². The molecule has 0 radical (unpaired) electrons. The molecule has 0 aromatic heterocycles. The molecule has 1 aromatic carbocycles. The highest BCUT2D eigenvalue weighted by molar-refractivity contribution is 6.08. The van der Waals surface area contributed by atoms with Gasteiger partial charge in [-0.2, -0.15) is 0 Å². The SMILES string of the molecule is CCCCOC(=O)CN1C(=O)NC(C)(c2ccc3c(c2)OCO3)C1=O. The number of unbranched alkanes of at least 4 members (excludes halogenated alkanes) is 1. The van der Waals surface area contributed by atoms with Crippen LogP contribution in [0.4, 0.5) is 4.79 Å². The Labute approximate surface area is 145 Å². The molecule has 2 heterocycles. The third kappa shape index (κ3) is 3.11. The first kappa shape index (κ1) is 17.1. The van der Waals surface area contributed by atoms with E-state index in [0.29, 0.717) is 17.1 Å². The molecule has 1 aromatic rings. The van der Waals surface area contributed by atoms with Crippen molar-refractivity contribution in [2.24, 2.45) is 0 Å². The van der Waals surface area contributed by atoms with Gasteiger partial charge in [-0.3, -0.25) is 14.5 Å². The molecular formula is C17H20N2O6. The van der Waals surface area contributed by atoms with Crippen LogP contribution < -0.4 is 14.8 Å². The Morgan fingerprint density at radius 3 is 2.84 bits per heavy atom. The molecule has 1 atom stereocenters. The van der Waals surface area contributed by atoms with E-state index < -0.39 is 30.0 Å². The number of fused-ring (bicyclic) bond motifs is 1. The largest absolute Gasteiger partial charge is 0.464 e. The summed E-state index contributed by atoms with van der Waals surface area (Å²) in [6.45, 7) is 3.55. The minimum Gasteiger partial charge on any atom is -0.464 e. The zero-order valence-electron chi connectivity index (χ0n) is 14.2. The van der Waals surface area contributed by atoms with Gasteiger partial charge in [0.1, 0.15) is 12.1 Å². The normalized spacial score (nSPS) is 21.4. The number of hydrogen-bond donors (Lipinski definition) is 1.